The molecule has 0 bridgehead atoms. The average molecular weight is 200 g/mol. The molecule has 15 heavy (non-hydrogen) atoms. The highest BCUT2D eigenvalue weighted by molar-refractivity contribution is 5.73. The van der Waals surface area contributed by atoms with Crippen molar-refractivity contribution >= 4 is 5.57 Å². The minimum atomic E-state index is 0.199. The highest BCUT2D eigenvalue weighted by atomic mass is 16.5. The lowest BCUT2D eigenvalue weighted by atomic mass is 10.0. The summed E-state index contributed by atoms with van der Waals surface area (Å²) in [6.45, 7) is 5.82. The fraction of sp³-hybridized carbons (Fsp3) is 0.286. The highest BCUT2D eigenvalue weighted by Gasteiger charge is 2.24. The molecule has 0 aliphatic heterocycles. The van der Waals surface area contributed by atoms with Crippen molar-refractivity contribution in [1.29, 1.82) is 0 Å². The van der Waals surface area contributed by atoms with Gasteiger partial charge >= 0.3 is 0 Å². The van der Waals surface area contributed by atoms with Crippen LogP contribution in [0.1, 0.15) is 25.3 Å². The first-order chi connectivity index (χ1) is 7.33. The number of rotatable bonds is 3. The lowest BCUT2D eigenvalue weighted by Gasteiger charge is -2.15. The lowest BCUT2D eigenvalue weighted by molar-refractivity contribution is 0.195. The topological polar surface area (TPSA) is 9.23 Å². The van der Waals surface area contributed by atoms with Crippen LogP contribution in [0.3, 0.4) is 0 Å². The average Bonchev–Trinajstić information content (AvgIpc) is 2.62. The SMILES string of the molecule is C=CO[C@H]1CCC(C)=C1c1ccccc1. The Bertz CT molecular complexity index is 376. The standard InChI is InChI=1S/C14H16O/c1-3-15-13-10-9-11(2)14(13)12-7-5-4-6-8-12/h3-8,13H,1,9-10H2,2H3/t13-/m0/s1. The Balaban J connectivity index is 2.33. The molecule has 1 aliphatic rings. The largest absolute Gasteiger partial charge is 0.494 e. The van der Waals surface area contributed by atoms with Crippen LogP contribution in [0.5, 0.6) is 0 Å². The van der Waals surface area contributed by atoms with E-state index >= 15 is 0 Å². The summed E-state index contributed by atoms with van der Waals surface area (Å²) < 4.78 is 5.55. The molecule has 0 N–H and O–H groups in total. The Hall–Kier alpha value is -1.50. The summed E-state index contributed by atoms with van der Waals surface area (Å²) in [5.74, 6) is 0. The van der Waals surface area contributed by atoms with Crippen molar-refractivity contribution in [1.82, 2.24) is 0 Å². The maximum atomic E-state index is 5.55. The molecule has 0 fully saturated rings. The third-order valence-electron chi connectivity index (χ3n) is 2.91. The molecule has 1 aliphatic carbocycles. The Morgan fingerprint density at radius 1 is 1.33 bits per heavy atom. The fourth-order valence-corrected chi connectivity index (χ4v) is 2.20. The van der Waals surface area contributed by atoms with Gasteiger partial charge in [0.15, 0.2) is 0 Å². The van der Waals surface area contributed by atoms with Crippen LogP contribution >= 0.6 is 0 Å². The van der Waals surface area contributed by atoms with E-state index in [9.17, 15) is 0 Å². The van der Waals surface area contributed by atoms with E-state index in [-0.39, 0.29) is 6.10 Å². The van der Waals surface area contributed by atoms with Gasteiger partial charge in [0.25, 0.3) is 0 Å². The molecule has 0 aromatic heterocycles. The van der Waals surface area contributed by atoms with E-state index in [1.54, 1.807) is 6.26 Å². The van der Waals surface area contributed by atoms with Crippen LogP contribution in [-0.2, 0) is 4.74 Å². The molecule has 1 aromatic rings. The molecule has 78 valence electrons. The monoisotopic (exact) mass is 200 g/mol. The zero-order valence-electron chi connectivity index (χ0n) is 9.07. The zero-order valence-corrected chi connectivity index (χ0v) is 9.07. The van der Waals surface area contributed by atoms with E-state index in [1.165, 1.54) is 16.7 Å². The molecule has 1 heteroatoms. The molecule has 0 saturated heterocycles. The highest BCUT2D eigenvalue weighted by Crippen LogP contribution is 2.35. The fourth-order valence-electron chi connectivity index (χ4n) is 2.20. The Morgan fingerprint density at radius 3 is 2.73 bits per heavy atom. The minimum absolute atomic E-state index is 0.199. The second-order valence-corrected chi connectivity index (χ2v) is 3.89. The maximum Gasteiger partial charge on any atom is 0.124 e. The minimum Gasteiger partial charge on any atom is -0.494 e. The van der Waals surface area contributed by atoms with Crippen LogP contribution in [0.4, 0.5) is 0 Å². The van der Waals surface area contributed by atoms with Gasteiger partial charge in [0.2, 0.25) is 0 Å². The molecule has 0 amide bonds. The van der Waals surface area contributed by atoms with Crippen LogP contribution in [0.2, 0.25) is 0 Å². The first-order valence-electron chi connectivity index (χ1n) is 5.34. The predicted molar refractivity (Wildman–Crippen MR) is 63.3 cm³/mol. The Kier molecular flexibility index (Phi) is 2.91. The first-order valence-corrected chi connectivity index (χ1v) is 5.34. The predicted octanol–water partition coefficient (Wildman–Crippen LogP) is 3.78. The number of ether oxygens (including phenoxy) is 1. The molecular formula is C14H16O. The molecule has 0 radical (unpaired) electrons. The van der Waals surface area contributed by atoms with Crippen molar-refractivity contribution in [3.8, 4) is 0 Å². The van der Waals surface area contributed by atoms with Crippen molar-refractivity contribution in [3.05, 3.63) is 54.3 Å². The van der Waals surface area contributed by atoms with Crippen molar-refractivity contribution in [2.75, 3.05) is 0 Å². The summed E-state index contributed by atoms with van der Waals surface area (Å²) in [6.07, 6.45) is 3.95. The second kappa shape index (κ2) is 4.35. The van der Waals surface area contributed by atoms with E-state index < -0.39 is 0 Å². The number of benzene rings is 1. The Labute approximate surface area is 91.1 Å². The summed E-state index contributed by atoms with van der Waals surface area (Å²) in [5, 5.41) is 0. The van der Waals surface area contributed by atoms with Gasteiger partial charge in [-0.2, -0.15) is 0 Å². The molecule has 1 nitrogen and oxygen atoms in total. The smallest absolute Gasteiger partial charge is 0.124 e. The van der Waals surface area contributed by atoms with Crippen molar-refractivity contribution in [3.63, 3.8) is 0 Å². The molecule has 0 spiro atoms. The third kappa shape index (κ3) is 1.96. The first kappa shape index (κ1) is 10.0. The van der Waals surface area contributed by atoms with Crippen LogP contribution in [0.25, 0.3) is 5.57 Å². The van der Waals surface area contributed by atoms with E-state index in [1.807, 2.05) is 6.07 Å². The van der Waals surface area contributed by atoms with Crippen molar-refractivity contribution in [2.24, 2.45) is 0 Å². The van der Waals surface area contributed by atoms with Gasteiger partial charge in [-0.1, -0.05) is 42.5 Å². The zero-order chi connectivity index (χ0) is 10.7. The van der Waals surface area contributed by atoms with Gasteiger partial charge < -0.3 is 4.74 Å². The summed E-state index contributed by atoms with van der Waals surface area (Å²) in [4.78, 5) is 0. The summed E-state index contributed by atoms with van der Waals surface area (Å²) >= 11 is 0. The second-order valence-electron chi connectivity index (χ2n) is 3.89. The van der Waals surface area contributed by atoms with Gasteiger partial charge in [-0.05, 0) is 30.9 Å². The van der Waals surface area contributed by atoms with E-state index in [2.05, 4.69) is 37.8 Å². The quantitative estimate of drug-likeness (QED) is 0.675. The van der Waals surface area contributed by atoms with Gasteiger partial charge in [0.05, 0.1) is 6.26 Å². The molecule has 0 unspecified atom stereocenters. The van der Waals surface area contributed by atoms with E-state index in [0.29, 0.717) is 0 Å². The number of allylic oxidation sites excluding steroid dienone is 1. The van der Waals surface area contributed by atoms with Crippen LogP contribution < -0.4 is 0 Å². The van der Waals surface area contributed by atoms with E-state index in [4.69, 9.17) is 4.74 Å². The summed E-state index contributed by atoms with van der Waals surface area (Å²) in [7, 11) is 0. The summed E-state index contributed by atoms with van der Waals surface area (Å²) in [6, 6.07) is 10.5. The van der Waals surface area contributed by atoms with Crippen LogP contribution in [0, 0.1) is 0 Å². The van der Waals surface area contributed by atoms with Gasteiger partial charge in [-0.3, -0.25) is 0 Å². The molecule has 1 aromatic carbocycles. The maximum absolute atomic E-state index is 5.55. The van der Waals surface area contributed by atoms with Gasteiger partial charge in [0.1, 0.15) is 6.10 Å². The molecule has 2 rings (SSSR count). The number of hydrogen-bond acceptors (Lipinski definition) is 1. The Morgan fingerprint density at radius 2 is 2.07 bits per heavy atom. The van der Waals surface area contributed by atoms with Gasteiger partial charge in [-0.15, -0.1) is 0 Å². The van der Waals surface area contributed by atoms with Crippen LogP contribution in [0.15, 0.2) is 48.7 Å². The third-order valence-corrected chi connectivity index (χ3v) is 2.91. The molecule has 1 atom stereocenters. The van der Waals surface area contributed by atoms with Crippen molar-refractivity contribution in [2.45, 2.75) is 25.9 Å². The molecule has 0 heterocycles. The van der Waals surface area contributed by atoms with Gasteiger partial charge in [0, 0.05) is 0 Å². The van der Waals surface area contributed by atoms with E-state index in [0.717, 1.165) is 12.8 Å². The molecule has 0 saturated carbocycles. The van der Waals surface area contributed by atoms with Crippen LogP contribution in [-0.4, -0.2) is 6.10 Å². The summed E-state index contributed by atoms with van der Waals surface area (Å²) in [5.41, 5.74) is 4.06. The number of hydrogen-bond donors (Lipinski definition) is 0. The lowest BCUT2D eigenvalue weighted by Crippen LogP contribution is -2.07. The molecular weight excluding hydrogens is 184 g/mol. The van der Waals surface area contributed by atoms with Crippen molar-refractivity contribution < 1.29 is 4.74 Å². The normalized spacial score (nSPS) is 20.5. The van der Waals surface area contributed by atoms with Gasteiger partial charge in [-0.25, -0.2) is 0 Å².